The zero-order valence-electron chi connectivity index (χ0n) is 28.0. The molecule has 0 fully saturated rings. The van der Waals surface area contributed by atoms with Crippen LogP contribution in [-0.4, -0.2) is 80.5 Å². The van der Waals surface area contributed by atoms with Crippen molar-refractivity contribution < 1.29 is 29.0 Å². The Balaban J connectivity index is 1.25. The number of rotatable bonds is 17. The van der Waals surface area contributed by atoms with Gasteiger partial charge in [0.1, 0.15) is 11.6 Å². The van der Waals surface area contributed by atoms with Crippen molar-refractivity contribution >= 4 is 40.9 Å². The summed E-state index contributed by atoms with van der Waals surface area (Å²) in [6, 6.07) is 7.50. The van der Waals surface area contributed by atoms with Crippen LogP contribution in [-0.2, 0) is 16.0 Å². The number of aromatic hydroxyl groups is 1. The average Bonchev–Trinajstić information content (AvgIpc) is 3.54. The van der Waals surface area contributed by atoms with Crippen LogP contribution in [0.4, 0.5) is 15.9 Å². The number of nitrogens with two attached hydrogens (primary N) is 1. The number of anilines is 2. The normalized spacial score (nSPS) is 11.5. The first-order valence-electron chi connectivity index (χ1n) is 16.3. The zero-order chi connectivity index (χ0) is 36.2. The summed E-state index contributed by atoms with van der Waals surface area (Å²) in [6.07, 6.45) is 6.73. The Labute approximate surface area is 288 Å². The van der Waals surface area contributed by atoms with Gasteiger partial charge in [-0.1, -0.05) is 6.92 Å². The molecule has 15 nitrogen and oxygen atoms in total. The van der Waals surface area contributed by atoms with E-state index in [4.69, 9.17) is 16.2 Å². The second-order valence-corrected chi connectivity index (χ2v) is 11.6. The summed E-state index contributed by atoms with van der Waals surface area (Å²) in [5, 5.41) is 40.7. The van der Waals surface area contributed by atoms with Crippen LogP contribution in [0.2, 0.25) is 0 Å². The van der Waals surface area contributed by atoms with E-state index >= 15 is 0 Å². The molecule has 266 valence electrons. The lowest BCUT2D eigenvalue weighted by atomic mass is 10.0. The lowest BCUT2D eigenvalue weighted by Crippen LogP contribution is -2.44. The molecule has 50 heavy (non-hydrogen) atoms. The number of aromatic nitrogens is 3. The summed E-state index contributed by atoms with van der Waals surface area (Å²) in [5.41, 5.74) is 9.33. The molecular weight excluding hydrogens is 647 g/mol. The van der Waals surface area contributed by atoms with Crippen molar-refractivity contribution in [3.05, 3.63) is 71.4 Å². The fourth-order valence-corrected chi connectivity index (χ4v) is 5.17. The monoisotopic (exact) mass is 690 g/mol. The van der Waals surface area contributed by atoms with Crippen LogP contribution in [0.3, 0.4) is 0 Å². The van der Waals surface area contributed by atoms with Gasteiger partial charge in [-0.15, -0.1) is 0 Å². The van der Waals surface area contributed by atoms with Gasteiger partial charge >= 0.3 is 5.97 Å². The number of nitrogens with zero attached hydrogens (tertiary/aromatic N) is 3. The first-order valence-corrected chi connectivity index (χ1v) is 16.3. The zero-order valence-corrected chi connectivity index (χ0v) is 28.0. The number of guanidine groups is 1. The Hall–Kier alpha value is -5.77. The van der Waals surface area contributed by atoms with Crippen molar-refractivity contribution in [1.29, 1.82) is 5.41 Å². The van der Waals surface area contributed by atoms with E-state index < -0.39 is 17.8 Å². The van der Waals surface area contributed by atoms with E-state index in [1.165, 1.54) is 19.1 Å². The number of hydrogen-bond donors (Lipinski definition) is 9. The molecule has 1 atom stereocenters. The number of aliphatic carboxylic acids is 1. The Kier molecular flexibility index (Phi) is 13.0. The lowest BCUT2D eigenvalue weighted by molar-refractivity contribution is -0.137. The molecule has 0 aliphatic carbocycles. The van der Waals surface area contributed by atoms with Crippen molar-refractivity contribution in [1.82, 2.24) is 35.6 Å². The number of fused-ring (bicyclic) bond motifs is 1. The van der Waals surface area contributed by atoms with Gasteiger partial charge in [0, 0.05) is 67.4 Å². The molecule has 16 heteroatoms. The summed E-state index contributed by atoms with van der Waals surface area (Å²) in [5.74, 6) is -1.67. The van der Waals surface area contributed by atoms with E-state index in [0.717, 1.165) is 5.56 Å². The van der Waals surface area contributed by atoms with E-state index in [1.54, 1.807) is 35.1 Å². The van der Waals surface area contributed by atoms with Crippen LogP contribution in [0.1, 0.15) is 54.1 Å². The molecule has 0 saturated carbocycles. The van der Waals surface area contributed by atoms with Gasteiger partial charge < -0.3 is 42.5 Å². The molecule has 0 saturated heterocycles. The summed E-state index contributed by atoms with van der Waals surface area (Å²) in [4.78, 5) is 44.8. The quantitative estimate of drug-likeness (QED) is 0.0444. The van der Waals surface area contributed by atoms with Crippen LogP contribution in [0, 0.1) is 18.2 Å². The molecule has 2 aromatic heterocycles. The minimum atomic E-state index is -0.884. The Morgan fingerprint density at radius 2 is 1.76 bits per heavy atom. The molecule has 2 amide bonds. The second-order valence-electron chi connectivity index (χ2n) is 11.6. The number of carbonyl (C=O) groups is 3. The third kappa shape index (κ3) is 9.65. The number of phenols is 1. The molecule has 1 unspecified atom stereocenters. The third-order valence-electron chi connectivity index (χ3n) is 7.96. The van der Waals surface area contributed by atoms with E-state index in [2.05, 4.69) is 36.6 Å². The Morgan fingerprint density at radius 1 is 1.02 bits per heavy atom. The molecule has 0 radical (unpaired) electrons. The number of hydrogen-bond acceptors (Lipinski definition) is 9. The SMILES string of the molecule is CCc1cc(Nc2nccn3c(-c4ccc(O)c(C)c4F)cnc23)ccc1C(=O)NCCNC(=O)C(N)CCCNC(=N)NCCCC(=O)O. The number of carboxylic acids is 1. The average molecular weight is 691 g/mol. The van der Waals surface area contributed by atoms with Gasteiger partial charge in [-0.3, -0.25) is 24.2 Å². The van der Waals surface area contributed by atoms with Crippen LogP contribution >= 0.6 is 0 Å². The maximum absolute atomic E-state index is 15.0. The van der Waals surface area contributed by atoms with Gasteiger partial charge in [-0.05, 0) is 68.5 Å². The highest BCUT2D eigenvalue weighted by Gasteiger charge is 2.18. The topological polar surface area (TPSA) is 232 Å². The van der Waals surface area contributed by atoms with Gasteiger partial charge in [0.15, 0.2) is 17.4 Å². The Bertz CT molecular complexity index is 1850. The number of amides is 2. The van der Waals surface area contributed by atoms with Crippen LogP contribution in [0.25, 0.3) is 16.9 Å². The predicted octanol–water partition coefficient (Wildman–Crippen LogP) is 2.79. The molecule has 4 rings (SSSR count). The summed E-state index contributed by atoms with van der Waals surface area (Å²) < 4.78 is 16.7. The van der Waals surface area contributed by atoms with E-state index in [-0.39, 0.29) is 48.6 Å². The number of benzene rings is 2. The minimum Gasteiger partial charge on any atom is -0.508 e. The second kappa shape index (κ2) is 17.6. The number of imidazole rings is 1. The van der Waals surface area contributed by atoms with Crippen molar-refractivity contribution in [3.63, 3.8) is 0 Å². The van der Waals surface area contributed by atoms with Gasteiger partial charge in [0.2, 0.25) is 5.91 Å². The van der Waals surface area contributed by atoms with Crippen molar-refractivity contribution in [2.45, 2.75) is 52.0 Å². The minimum absolute atomic E-state index is 0.0283. The predicted molar refractivity (Wildman–Crippen MR) is 187 cm³/mol. The molecule has 10 N–H and O–H groups in total. The van der Waals surface area contributed by atoms with Gasteiger partial charge in [0.25, 0.3) is 5.91 Å². The Morgan fingerprint density at radius 3 is 2.50 bits per heavy atom. The largest absolute Gasteiger partial charge is 0.508 e. The molecule has 4 aromatic rings. The highest BCUT2D eigenvalue weighted by atomic mass is 19.1. The van der Waals surface area contributed by atoms with Crippen LogP contribution in [0.15, 0.2) is 48.9 Å². The molecule has 0 aliphatic heterocycles. The number of carboxylic acid groups (broad SMARTS) is 1. The van der Waals surface area contributed by atoms with E-state index in [0.29, 0.717) is 72.7 Å². The first-order chi connectivity index (χ1) is 24.0. The number of nitrogens with one attached hydrogen (secondary N) is 6. The maximum Gasteiger partial charge on any atom is 0.303 e. The number of phenolic OH excluding ortho intramolecular Hbond substituents is 1. The van der Waals surface area contributed by atoms with Gasteiger partial charge in [0.05, 0.1) is 17.9 Å². The summed E-state index contributed by atoms with van der Waals surface area (Å²) >= 11 is 0. The van der Waals surface area contributed by atoms with Gasteiger partial charge in [-0.2, -0.15) is 0 Å². The molecule has 0 aliphatic rings. The molecule has 2 heterocycles. The summed E-state index contributed by atoms with van der Waals surface area (Å²) in [6.45, 7) is 4.62. The molecule has 0 bridgehead atoms. The first kappa shape index (κ1) is 37.1. The van der Waals surface area contributed by atoms with Gasteiger partial charge in [-0.25, -0.2) is 14.4 Å². The standard InChI is InChI=1S/C34H43FN10O5/c1-3-21-18-22(44-30-31-43-19-26(45(31)17-16-38-30)24-10-11-27(46)20(2)29(24)35)8-9-23(21)32(49)39-14-15-40-33(50)25(36)6-4-12-41-34(37)42-13-5-7-28(47)48/h8-11,16-19,25,46H,3-7,12-15,36H2,1-2H3,(H,38,44)(H,39,49)(H,40,50)(H,47,48)(H3,37,41,42). The summed E-state index contributed by atoms with van der Waals surface area (Å²) in [7, 11) is 0. The van der Waals surface area contributed by atoms with Crippen LogP contribution < -0.4 is 32.3 Å². The smallest absolute Gasteiger partial charge is 0.303 e. The molecule has 0 spiro atoms. The third-order valence-corrected chi connectivity index (χ3v) is 7.96. The number of halogens is 1. The fourth-order valence-electron chi connectivity index (χ4n) is 5.17. The maximum atomic E-state index is 15.0. The van der Waals surface area contributed by atoms with Crippen molar-refractivity contribution in [3.8, 4) is 17.0 Å². The van der Waals surface area contributed by atoms with E-state index in [1.807, 2.05) is 13.0 Å². The number of carbonyl (C=O) groups excluding carboxylic acids is 2. The van der Waals surface area contributed by atoms with Crippen molar-refractivity contribution in [2.24, 2.45) is 5.73 Å². The number of aryl methyl sites for hydroxylation is 1. The van der Waals surface area contributed by atoms with Crippen LogP contribution in [0.5, 0.6) is 5.75 Å². The van der Waals surface area contributed by atoms with Crippen molar-refractivity contribution in [2.75, 3.05) is 31.5 Å². The van der Waals surface area contributed by atoms with E-state index in [9.17, 15) is 23.9 Å². The molecular formula is C34H43FN10O5. The fraction of sp³-hybridized carbons (Fsp3) is 0.353. The highest BCUT2D eigenvalue weighted by Crippen LogP contribution is 2.31. The highest BCUT2D eigenvalue weighted by molar-refractivity contribution is 5.96. The lowest BCUT2D eigenvalue weighted by Gasteiger charge is -2.15. The molecule has 2 aromatic carbocycles.